The number of aliphatic hydroxyl groups is 1. The maximum absolute atomic E-state index is 12.2. The van der Waals surface area contributed by atoms with Crippen molar-refractivity contribution in [2.45, 2.75) is 25.7 Å². The van der Waals surface area contributed by atoms with Crippen LogP contribution in [0.5, 0.6) is 5.75 Å². The first kappa shape index (κ1) is 21.3. The number of hydrogen-bond acceptors (Lipinski definition) is 5. The molecule has 27 heavy (non-hydrogen) atoms. The number of aliphatic hydroxyl groups excluding tert-OH is 1. The number of likely N-dealkylation sites (N-methyl/N-ethyl adjacent to an activating group) is 1. The summed E-state index contributed by atoms with van der Waals surface area (Å²) < 4.78 is 34.4. The Morgan fingerprint density at radius 1 is 1.37 bits per heavy atom. The second kappa shape index (κ2) is 11.0. The normalized spacial score (nSPS) is 19.8. The minimum absolute atomic E-state index is 0.0527. The minimum atomic E-state index is -2.87. The third kappa shape index (κ3) is 7.66. The molecule has 0 spiro atoms. The zero-order valence-corrected chi connectivity index (χ0v) is 15.7. The van der Waals surface area contributed by atoms with Crippen LogP contribution in [0.3, 0.4) is 0 Å². The number of aliphatic imine (C=N–C) groups is 1. The van der Waals surface area contributed by atoms with Gasteiger partial charge in [-0.1, -0.05) is 12.1 Å². The van der Waals surface area contributed by atoms with E-state index in [9.17, 15) is 13.9 Å². The Balaban J connectivity index is 1.86. The van der Waals surface area contributed by atoms with Gasteiger partial charge < -0.3 is 30.1 Å². The summed E-state index contributed by atoms with van der Waals surface area (Å²) in [4.78, 5) is 6.60. The van der Waals surface area contributed by atoms with Gasteiger partial charge >= 0.3 is 6.61 Å². The van der Waals surface area contributed by atoms with E-state index in [4.69, 9.17) is 4.74 Å². The molecule has 1 fully saturated rings. The Morgan fingerprint density at radius 3 is 2.74 bits per heavy atom. The van der Waals surface area contributed by atoms with Gasteiger partial charge in [0.05, 0.1) is 25.4 Å². The Hall–Kier alpha value is -1.97. The van der Waals surface area contributed by atoms with Gasteiger partial charge in [-0.05, 0) is 31.7 Å². The molecule has 0 amide bonds. The van der Waals surface area contributed by atoms with Crippen LogP contribution in [0.1, 0.15) is 18.6 Å². The number of ether oxygens (including phenoxy) is 2. The SMILES string of the molecule is CCNC(=NCC(O)c1ccc(OC(F)F)cc1)NCC1CN(C)CCO1. The molecule has 1 heterocycles. The number of morpholine rings is 1. The van der Waals surface area contributed by atoms with E-state index in [0.717, 1.165) is 13.1 Å². The van der Waals surface area contributed by atoms with Crippen LogP contribution in [0.2, 0.25) is 0 Å². The van der Waals surface area contributed by atoms with E-state index in [1.54, 1.807) is 12.1 Å². The number of nitrogens with one attached hydrogen (secondary N) is 2. The van der Waals surface area contributed by atoms with Crippen LogP contribution in [-0.2, 0) is 4.74 Å². The molecular formula is C18H28F2N4O3. The molecular weight excluding hydrogens is 358 g/mol. The maximum atomic E-state index is 12.2. The highest BCUT2D eigenvalue weighted by Crippen LogP contribution is 2.19. The molecule has 7 nitrogen and oxygen atoms in total. The first-order chi connectivity index (χ1) is 13.0. The molecule has 0 aromatic heterocycles. The highest BCUT2D eigenvalue weighted by atomic mass is 19.3. The molecule has 0 saturated carbocycles. The summed E-state index contributed by atoms with van der Waals surface area (Å²) in [6.07, 6.45) is -0.766. The van der Waals surface area contributed by atoms with Gasteiger partial charge in [-0.3, -0.25) is 4.99 Å². The first-order valence-corrected chi connectivity index (χ1v) is 9.03. The first-order valence-electron chi connectivity index (χ1n) is 9.03. The fraction of sp³-hybridized carbons (Fsp3) is 0.611. The largest absolute Gasteiger partial charge is 0.435 e. The summed E-state index contributed by atoms with van der Waals surface area (Å²) in [5.74, 6) is 0.642. The number of nitrogens with zero attached hydrogens (tertiary/aromatic N) is 2. The lowest BCUT2D eigenvalue weighted by atomic mass is 10.1. The molecule has 0 aliphatic carbocycles. The van der Waals surface area contributed by atoms with E-state index in [1.807, 2.05) is 6.92 Å². The zero-order valence-electron chi connectivity index (χ0n) is 15.7. The zero-order chi connectivity index (χ0) is 19.6. The molecule has 3 N–H and O–H groups in total. The van der Waals surface area contributed by atoms with Crippen molar-refractivity contribution in [3.05, 3.63) is 29.8 Å². The van der Waals surface area contributed by atoms with Crippen molar-refractivity contribution in [1.82, 2.24) is 15.5 Å². The molecule has 152 valence electrons. The summed E-state index contributed by atoms with van der Waals surface area (Å²) in [6, 6.07) is 5.89. The van der Waals surface area contributed by atoms with Gasteiger partial charge in [0.2, 0.25) is 0 Å². The fourth-order valence-electron chi connectivity index (χ4n) is 2.70. The number of halogens is 2. The van der Waals surface area contributed by atoms with Gasteiger partial charge in [0, 0.05) is 26.2 Å². The smallest absolute Gasteiger partial charge is 0.387 e. The van der Waals surface area contributed by atoms with Gasteiger partial charge in [-0.25, -0.2) is 0 Å². The van der Waals surface area contributed by atoms with Crippen LogP contribution in [-0.4, -0.2) is 75.1 Å². The summed E-state index contributed by atoms with van der Waals surface area (Å²) in [7, 11) is 2.06. The van der Waals surface area contributed by atoms with Crippen LogP contribution in [0.25, 0.3) is 0 Å². The van der Waals surface area contributed by atoms with Crippen molar-refractivity contribution in [2.24, 2.45) is 4.99 Å². The van der Waals surface area contributed by atoms with Crippen molar-refractivity contribution in [3.8, 4) is 5.75 Å². The second-order valence-electron chi connectivity index (χ2n) is 6.32. The Bertz CT molecular complexity index is 586. The van der Waals surface area contributed by atoms with Crippen LogP contribution in [0, 0.1) is 0 Å². The van der Waals surface area contributed by atoms with E-state index in [0.29, 0.717) is 31.2 Å². The number of guanidine groups is 1. The molecule has 1 aromatic carbocycles. The molecule has 1 saturated heterocycles. The summed E-state index contributed by atoms with van der Waals surface area (Å²) in [5.41, 5.74) is 0.577. The van der Waals surface area contributed by atoms with Gasteiger partial charge in [0.25, 0.3) is 0 Å². The topological polar surface area (TPSA) is 78.4 Å². The monoisotopic (exact) mass is 386 g/mol. The van der Waals surface area contributed by atoms with Gasteiger partial charge in [0.1, 0.15) is 5.75 Å². The van der Waals surface area contributed by atoms with E-state index < -0.39 is 12.7 Å². The Kier molecular flexibility index (Phi) is 8.70. The average molecular weight is 386 g/mol. The number of rotatable bonds is 8. The predicted molar refractivity (Wildman–Crippen MR) is 99.3 cm³/mol. The lowest BCUT2D eigenvalue weighted by Gasteiger charge is -2.30. The minimum Gasteiger partial charge on any atom is -0.435 e. The Labute approximate surface area is 158 Å². The lowest BCUT2D eigenvalue weighted by molar-refractivity contribution is -0.0498. The van der Waals surface area contributed by atoms with Crippen LogP contribution in [0.4, 0.5) is 8.78 Å². The van der Waals surface area contributed by atoms with Crippen LogP contribution < -0.4 is 15.4 Å². The molecule has 2 atom stereocenters. The highest BCUT2D eigenvalue weighted by molar-refractivity contribution is 5.79. The van der Waals surface area contributed by atoms with E-state index in [2.05, 4.69) is 32.3 Å². The van der Waals surface area contributed by atoms with E-state index in [-0.39, 0.29) is 18.4 Å². The standard InChI is InChI=1S/C18H28F2N4O3/c1-3-21-18(22-10-15-12-24(2)8-9-26-15)23-11-16(25)13-4-6-14(7-5-13)27-17(19)20/h4-7,15-17,25H,3,8-12H2,1-2H3,(H2,21,22,23). The number of alkyl halides is 2. The van der Waals surface area contributed by atoms with Crippen LogP contribution in [0.15, 0.2) is 29.3 Å². The lowest BCUT2D eigenvalue weighted by Crippen LogP contribution is -2.48. The van der Waals surface area contributed by atoms with Crippen molar-refractivity contribution < 1.29 is 23.4 Å². The number of benzene rings is 1. The van der Waals surface area contributed by atoms with Gasteiger partial charge in [0.15, 0.2) is 5.96 Å². The van der Waals surface area contributed by atoms with E-state index >= 15 is 0 Å². The Morgan fingerprint density at radius 2 is 2.11 bits per heavy atom. The third-order valence-corrected chi connectivity index (χ3v) is 4.10. The molecule has 0 bridgehead atoms. The van der Waals surface area contributed by atoms with Crippen LogP contribution >= 0.6 is 0 Å². The molecule has 2 rings (SSSR count). The molecule has 0 radical (unpaired) electrons. The summed E-state index contributed by atoms with van der Waals surface area (Å²) in [5, 5.41) is 16.6. The maximum Gasteiger partial charge on any atom is 0.387 e. The quantitative estimate of drug-likeness (QED) is 0.461. The van der Waals surface area contributed by atoms with Crippen molar-refractivity contribution in [3.63, 3.8) is 0 Å². The highest BCUT2D eigenvalue weighted by Gasteiger charge is 2.18. The second-order valence-corrected chi connectivity index (χ2v) is 6.32. The fourth-order valence-corrected chi connectivity index (χ4v) is 2.70. The van der Waals surface area contributed by atoms with Crippen molar-refractivity contribution >= 4 is 5.96 Å². The molecule has 1 aliphatic heterocycles. The molecule has 1 aliphatic rings. The van der Waals surface area contributed by atoms with Gasteiger partial charge in [-0.15, -0.1) is 0 Å². The molecule has 1 aromatic rings. The van der Waals surface area contributed by atoms with Crippen molar-refractivity contribution in [2.75, 3.05) is 46.4 Å². The predicted octanol–water partition coefficient (Wildman–Crippen LogP) is 1.21. The summed E-state index contributed by atoms with van der Waals surface area (Å²) in [6.45, 7) is 3.02. The van der Waals surface area contributed by atoms with E-state index in [1.165, 1.54) is 12.1 Å². The van der Waals surface area contributed by atoms with Crippen molar-refractivity contribution in [1.29, 1.82) is 0 Å². The summed E-state index contributed by atoms with van der Waals surface area (Å²) >= 11 is 0. The average Bonchev–Trinajstić information content (AvgIpc) is 2.64. The number of hydrogen-bond donors (Lipinski definition) is 3. The van der Waals surface area contributed by atoms with Gasteiger partial charge in [-0.2, -0.15) is 8.78 Å². The molecule has 2 unspecified atom stereocenters. The molecule has 9 heteroatoms. The third-order valence-electron chi connectivity index (χ3n) is 4.10.